The van der Waals surface area contributed by atoms with Crippen LogP contribution in [-0.4, -0.2) is 54.7 Å². The maximum absolute atomic E-state index is 13.2. The van der Waals surface area contributed by atoms with Crippen LogP contribution in [0.25, 0.3) is 5.76 Å². The number of aliphatic hydroxyl groups excluding tert-OH is 1. The topological polar surface area (TPSA) is 85.3 Å². The number of benzene rings is 2. The van der Waals surface area contributed by atoms with Gasteiger partial charge in [-0.2, -0.15) is 0 Å². The van der Waals surface area contributed by atoms with Gasteiger partial charge >= 0.3 is 0 Å². The summed E-state index contributed by atoms with van der Waals surface area (Å²) in [5, 5.41) is 11.3. The molecule has 2 aromatic carbocycles. The molecule has 0 unspecified atom stereocenters. The predicted molar refractivity (Wildman–Crippen MR) is 128 cm³/mol. The number of ether oxygens (including phenoxy) is 3. The number of Topliss-reactive ketones (excluding diaryl/α,β-unsaturated/α-hetero) is 1. The third-order valence-corrected chi connectivity index (χ3v) is 6.10. The van der Waals surface area contributed by atoms with Crippen molar-refractivity contribution in [2.24, 2.45) is 0 Å². The Kier molecular flexibility index (Phi) is 7.22. The molecule has 1 amide bonds. The standard InChI is InChI=1S/C27H31NO6/c1-4-12-33-21-8-5-7-18(16-21)24-23(26(30)27(31)28(24)11-6-13-32-3)25(29)19-9-10-22-20(15-19)14-17(2)34-22/h5,7-10,15-17,24,29H,4,6,11-14H2,1-3H3/t17-,24+/m1/s1. The normalized spacial score (nSPS) is 21.0. The first-order valence-electron chi connectivity index (χ1n) is 11.7. The number of rotatable bonds is 9. The molecule has 2 aliphatic rings. The number of fused-ring (bicyclic) bond motifs is 1. The molecule has 0 radical (unpaired) electrons. The van der Waals surface area contributed by atoms with Gasteiger partial charge in [-0.05, 0) is 61.2 Å². The van der Waals surface area contributed by atoms with Gasteiger partial charge in [0.2, 0.25) is 0 Å². The molecule has 7 nitrogen and oxygen atoms in total. The van der Waals surface area contributed by atoms with E-state index >= 15 is 0 Å². The zero-order valence-corrected chi connectivity index (χ0v) is 19.9. The SMILES string of the molecule is CCCOc1cccc([C@H]2C(=C(O)c3ccc4c(c3)C[C@@H](C)O4)C(=O)C(=O)N2CCCOC)c1. The Balaban J connectivity index is 1.78. The number of amides is 1. The Labute approximate surface area is 199 Å². The second kappa shape index (κ2) is 10.3. The number of hydrogen-bond donors (Lipinski definition) is 1. The molecule has 4 rings (SSSR count). The van der Waals surface area contributed by atoms with Crippen LogP contribution in [0.5, 0.6) is 11.5 Å². The number of aliphatic hydroxyl groups is 1. The highest BCUT2D eigenvalue weighted by Crippen LogP contribution is 2.41. The van der Waals surface area contributed by atoms with Gasteiger partial charge in [-0.25, -0.2) is 0 Å². The zero-order chi connectivity index (χ0) is 24.2. The Bertz CT molecular complexity index is 1110. The lowest BCUT2D eigenvalue weighted by molar-refractivity contribution is -0.140. The minimum absolute atomic E-state index is 0.0598. The molecule has 34 heavy (non-hydrogen) atoms. The first-order chi connectivity index (χ1) is 16.4. The minimum atomic E-state index is -0.717. The Morgan fingerprint density at radius 1 is 1.18 bits per heavy atom. The summed E-state index contributed by atoms with van der Waals surface area (Å²) in [5.41, 5.74) is 2.26. The summed E-state index contributed by atoms with van der Waals surface area (Å²) in [6.07, 6.45) is 2.22. The maximum atomic E-state index is 13.2. The van der Waals surface area contributed by atoms with Crippen molar-refractivity contribution < 1.29 is 28.9 Å². The number of likely N-dealkylation sites (tertiary alicyclic amines) is 1. The van der Waals surface area contributed by atoms with Gasteiger partial charge in [0, 0.05) is 32.2 Å². The predicted octanol–water partition coefficient (Wildman–Crippen LogP) is 4.26. The highest BCUT2D eigenvalue weighted by Gasteiger charge is 2.46. The number of hydrogen-bond acceptors (Lipinski definition) is 6. The first-order valence-corrected chi connectivity index (χ1v) is 11.7. The van der Waals surface area contributed by atoms with Crippen molar-refractivity contribution in [2.75, 3.05) is 26.9 Å². The molecule has 1 N–H and O–H groups in total. The van der Waals surface area contributed by atoms with E-state index in [2.05, 4.69) is 0 Å². The van der Waals surface area contributed by atoms with E-state index in [1.165, 1.54) is 4.90 Å². The smallest absolute Gasteiger partial charge is 0.295 e. The maximum Gasteiger partial charge on any atom is 0.295 e. The van der Waals surface area contributed by atoms with E-state index in [1.54, 1.807) is 19.2 Å². The lowest BCUT2D eigenvalue weighted by atomic mass is 9.94. The highest BCUT2D eigenvalue weighted by atomic mass is 16.5. The minimum Gasteiger partial charge on any atom is -0.507 e. The van der Waals surface area contributed by atoms with Crippen molar-refractivity contribution in [2.45, 2.75) is 45.3 Å². The molecule has 2 atom stereocenters. The van der Waals surface area contributed by atoms with Crippen LogP contribution in [0.4, 0.5) is 0 Å². The molecule has 0 spiro atoms. The lowest BCUT2D eigenvalue weighted by Gasteiger charge is -2.25. The van der Waals surface area contributed by atoms with Gasteiger partial charge in [0.25, 0.3) is 11.7 Å². The second-order valence-corrected chi connectivity index (χ2v) is 8.71. The van der Waals surface area contributed by atoms with Gasteiger partial charge in [-0.15, -0.1) is 0 Å². The van der Waals surface area contributed by atoms with Crippen LogP contribution in [-0.2, 0) is 20.7 Å². The van der Waals surface area contributed by atoms with Crippen molar-refractivity contribution in [3.05, 3.63) is 64.7 Å². The number of methoxy groups -OCH3 is 1. The van der Waals surface area contributed by atoms with Crippen LogP contribution in [0.2, 0.25) is 0 Å². The summed E-state index contributed by atoms with van der Waals surface area (Å²) in [6, 6.07) is 12.0. The monoisotopic (exact) mass is 465 g/mol. The van der Waals surface area contributed by atoms with Crippen LogP contribution in [0.1, 0.15) is 49.4 Å². The van der Waals surface area contributed by atoms with Crippen LogP contribution in [0, 0.1) is 0 Å². The average molecular weight is 466 g/mol. The summed E-state index contributed by atoms with van der Waals surface area (Å²) in [7, 11) is 1.60. The summed E-state index contributed by atoms with van der Waals surface area (Å²) in [4.78, 5) is 27.8. The highest BCUT2D eigenvalue weighted by molar-refractivity contribution is 6.46. The van der Waals surface area contributed by atoms with Gasteiger partial charge < -0.3 is 24.2 Å². The largest absolute Gasteiger partial charge is 0.507 e. The molecule has 0 saturated carbocycles. The quantitative estimate of drug-likeness (QED) is 0.258. The summed E-state index contributed by atoms with van der Waals surface area (Å²) in [5.74, 6) is -0.0581. The van der Waals surface area contributed by atoms with Gasteiger partial charge in [-0.3, -0.25) is 9.59 Å². The Hall–Kier alpha value is -3.32. The number of carbonyl (C=O) groups is 2. The third-order valence-electron chi connectivity index (χ3n) is 6.10. The van der Waals surface area contributed by atoms with E-state index in [0.29, 0.717) is 43.1 Å². The van der Waals surface area contributed by atoms with Gasteiger partial charge in [0.15, 0.2) is 0 Å². The number of carbonyl (C=O) groups excluding carboxylic acids is 2. The second-order valence-electron chi connectivity index (χ2n) is 8.71. The molecule has 0 bridgehead atoms. The van der Waals surface area contributed by atoms with Crippen molar-refractivity contribution in [3.8, 4) is 11.5 Å². The third kappa shape index (κ3) is 4.66. The van der Waals surface area contributed by atoms with Crippen LogP contribution < -0.4 is 9.47 Å². The number of ketones is 1. The van der Waals surface area contributed by atoms with Crippen molar-refractivity contribution in [3.63, 3.8) is 0 Å². The van der Waals surface area contributed by atoms with Crippen LogP contribution in [0.15, 0.2) is 48.0 Å². The Morgan fingerprint density at radius 2 is 2.00 bits per heavy atom. The van der Waals surface area contributed by atoms with E-state index in [-0.39, 0.29) is 17.4 Å². The molecular formula is C27H31NO6. The average Bonchev–Trinajstić information content (AvgIpc) is 3.33. The van der Waals surface area contributed by atoms with Crippen LogP contribution in [0.3, 0.4) is 0 Å². The van der Waals surface area contributed by atoms with Crippen molar-refractivity contribution >= 4 is 17.4 Å². The molecule has 1 fully saturated rings. The zero-order valence-electron chi connectivity index (χ0n) is 19.9. The van der Waals surface area contributed by atoms with Gasteiger partial charge in [-0.1, -0.05) is 19.1 Å². The van der Waals surface area contributed by atoms with Crippen LogP contribution >= 0.6 is 0 Å². The van der Waals surface area contributed by atoms with E-state index in [4.69, 9.17) is 14.2 Å². The van der Waals surface area contributed by atoms with Crippen molar-refractivity contribution in [1.29, 1.82) is 0 Å². The molecule has 7 heteroatoms. The molecule has 0 aromatic heterocycles. The molecule has 180 valence electrons. The van der Waals surface area contributed by atoms with Crippen molar-refractivity contribution in [1.82, 2.24) is 4.90 Å². The Morgan fingerprint density at radius 3 is 2.76 bits per heavy atom. The van der Waals surface area contributed by atoms with E-state index in [9.17, 15) is 14.7 Å². The molecule has 2 aromatic rings. The fourth-order valence-electron chi connectivity index (χ4n) is 4.56. The van der Waals surface area contributed by atoms with E-state index in [1.807, 2.05) is 44.2 Å². The lowest BCUT2D eigenvalue weighted by Crippen LogP contribution is -2.31. The summed E-state index contributed by atoms with van der Waals surface area (Å²) >= 11 is 0. The number of nitrogens with zero attached hydrogens (tertiary/aromatic N) is 1. The van der Waals surface area contributed by atoms with E-state index < -0.39 is 17.7 Å². The molecular weight excluding hydrogens is 434 g/mol. The molecule has 2 heterocycles. The molecule has 1 saturated heterocycles. The first kappa shape index (κ1) is 23.8. The molecule has 2 aliphatic heterocycles. The fourth-order valence-corrected chi connectivity index (χ4v) is 4.56. The summed E-state index contributed by atoms with van der Waals surface area (Å²) < 4.78 is 16.7. The van der Waals surface area contributed by atoms with E-state index in [0.717, 1.165) is 24.2 Å². The van der Waals surface area contributed by atoms with Gasteiger partial charge in [0.1, 0.15) is 23.4 Å². The van der Waals surface area contributed by atoms with Gasteiger partial charge in [0.05, 0.1) is 18.2 Å². The fraction of sp³-hybridized carbons (Fsp3) is 0.407. The summed E-state index contributed by atoms with van der Waals surface area (Å²) in [6.45, 7) is 5.36. The molecule has 0 aliphatic carbocycles.